The lowest BCUT2D eigenvalue weighted by molar-refractivity contribution is 0.973. The molecule has 15 heavy (non-hydrogen) atoms. The Balaban J connectivity index is 2.88. The molecule has 2 N–H and O–H groups in total. The van der Waals surface area contributed by atoms with Crippen LogP contribution in [0.1, 0.15) is 5.56 Å². The highest BCUT2D eigenvalue weighted by Gasteiger charge is 2.07. The van der Waals surface area contributed by atoms with Gasteiger partial charge in [0, 0.05) is 29.5 Å². The van der Waals surface area contributed by atoms with Gasteiger partial charge in [-0.05, 0) is 46.8 Å². The summed E-state index contributed by atoms with van der Waals surface area (Å²) in [5, 5.41) is 0. The van der Waals surface area contributed by atoms with Gasteiger partial charge in [-0.3, -0.25) is 0 Å². The molecule has 0 aromatic heterocycles. The maximum Gasteiger partial charge on any atom is 0.0512 e. The zero-order valence-corrected chi connectivity index (χ0v) is 11.8. The molecule has 0 aliphatic rings. The number of nitrogen functional groups attached to an aromatic ring is 1. The minimum atomic E-state index is 0.837. The lowest BCUT2D eigenvalue weighted by Crippen LogP contribution is -2.20. The molecule has 0 amide bonds. The molecule has 0 atom stereocenters. The Morgan fingerprint density at radius 1 is 1.47 bits per heavy atom. The average molecular weight is 289 g/mol. The molecule has 0 saturated carbocycles. The number of rotatable bonds is 4. The predicted octanol–water partition coefficient (Wildman–Crippen LogP) is 3.14. The Morgan fingerprint density at radius 2 is 2.13 bits per heavy atom. The van der Waals surface area contributed by atoms with Crippen molar-refractivity contribution in [2.75, 3.05) is 36.2 Å². The van der Waals surface area contributed by atoms with E-state index in [1.165, 1.54) is 5.69 Å². The van der Waals surface area contributed by atoms with Crippen molar-refractivity contribution in [1.29, 1.82) is 0 Å². The number of hydrogen-bond donors (Lipinski definition) is 1. The Kier molecular flexibility index (Phi) is 4.80. The zero-order valence-electron chi connectivity index (χ0n) is 9.38. The number of halogens is 1. The average Bonchev–Trinajstić information content (AvgIpc) is 2.20. The van der Waals surface area contributed by atoms with Crippen LogP contribution >= 0.6 is 27.7 Å². The summed E-state index contributed by atoms with van der Waals surface area (Å²) >= 11 is 5.40. The topological polar surface area (TPSA) is 29.3 Å². The van der Waals surface area contributed by atoms with E-state index >= 15 is 0 Å². The van der Waals surface area contributed by atoms with Crippen LogP contribution in [0.3, 0.4) is 0 Å². The fourth-order valence-electron chi connectivity index (χ4n) is 1.32. The number of hydrogen-bond acceptors (Lipinski definition) is 3. The lowest BCUT2D eigenvalue weighted by atomic mass is 10.2. The third-order valence-corrected chi connectivity index (χ3v) is 3.60. The molecule has 0 saturated heterocycles. The van der Waals surface area contributed by atoms with Gasteiger partial charge in [-0.25, -0.2) is 0 Å². The number of nitrogens with two attached hydrogens (primary N) is 1. The second-order valence-corrected chi connectivity index (χ2v) is 5.41. The first-order valence-corrected chi connectivity index (χ1v) is 7.00. The molecule has 1 aromatic rings. The third-order valence-electron chi connectivity index (χ3n) is 2.38. The fraction of sp³-hybridized carbons (Fsp3) is 0.455. The van der Waals surface area contributed by atoms with Gasteiger partial charge >= 0.3 is 0 Å². The van der Waals surface area contributed by atoms with Gasteiger partial charge in [0.05, 0.1) is 5.69 Å². The van der Waals surface area contributed by atoms with Crippen LogP contribution in [0.25, 0.3) is 0 Å². The highest BCUT2D eigenvalue weighted by Crippen LogP contribution is 2.30. The van der Waals surface area contributed by atoms with Crippen LogP contribution in [-0.2, 0) is 0 Å². The van der Waals surface area contributed by atoms with Crippen molar-refractivity contribution in [2.24, 2.45) is 0 Å². The lowest BCUT2D eigenvalue weighted by Gasteiger charge is -2.21. The number of aryl methyl sites for hydroxylation is 1. The van der Waals surface area contributed by atoms with Gasteiger partial charge in [0.25, 0.3) is 0 Å². The van der Waals surface area contributed by atoms with Gasteiger partial charge in [0.15, 0.2) is 0 Å². The van der Waals surface area contributed by atoms with Gasteiger partial charge < -0.3 is 10.6 Å². The molecule has 0 fully saturated rings. The number of anilines is 2. The summed E-state index contributed by atoms with van der Waals surface area (Å²) in [5.41, 5.74) is 9.01. The number of nitrogens with zero attached hydrogens (tertiary/aromatic N) is 1. The Hall–Kier alpha value is -0.350. The van der Waals surface area contributed by atoms with Crippen molar-refractivity contribution in [2.45, 2.75) is 6.92 Å². The van der Waals surface area contributed by atoms with E-state index in [1.807, 2.05) is 24.8 Å². The molecule has 84 valence electrons. The normalized spacial score (nSPS) is 10.4. The number of benzene rings is 1. The molecule has 0 aliphatic heterocycles. The van der Waals surface area contributed by atoms with E-state index in [1.54, 1.807) is 0 Å². The highest BCUT2D eigenvalue weighted by atomic mass is 79.9. The first-order valence-electron chi connectivity index (χ1n) is 4.82. The third kappa shape index (κ3) is 3.31. The fourth-order valence-corrected chi connectivity index (χ4v) is 2.44. The van der Waals surface area contributed by atoms with Crippen LogP contribution in [0.4, 0.5) is 11.4 Å². The summed E-state index contributed by atoms with van der Waals surface area (Å²) in [6.45, 7) is 3.08. The van der Waals surface area contributed by atoms with Gasteiger partial charge in [-0.2, -0.15) is 11.8 Å². The molecule has 0 bridgehead atoms. The summed E-state index contributed by atoms with van der Waals surface area (Å²) in [6, 6.07) is 4.10. The van der Waals surface area contributed by atoms with Crippen LogP contribution in [0.5, 0.6) is 0 Å². The molecule has 0 heterocycles. The zero-order chi connectivity index (χ0) is 11.4. The second-order valence-electron chi connectivity index (χ2n) is 3.57. The molecule has 1 rings (SSSR count). The predicted molar refractivity (Wildman–Crippen MR) is 74.9 cm³/mol. The maximum absolute atomic E-state index is 5.84. The van der Waals surface area contributed by atoms with E-state index < -0.39 is 0 Å². The smallest absolute Gasteiger partial charge is 0.0512 e. The van der Waals surface area contributed by atoms with E-state index in [0.717, 1.165) is 28.0 Å². The quantitative estimate of drug-likeness (QED) is 0.863. The van der Waals surface area contributed by atoms with E-state index in [0.29, 0.717) is 0 Å². The number of thioether (sulfide) groups is 1. The molecule has 0 aliphatic carbocycles. The summed E-state index contributed by atoms with van der Waals surface area (Å²) in [6.07, 6.45) is 2.12. The molecule has 0 radical (unpaired) electrons. The molecule has 0 spiro atoms. The highest BCUT2D eigenvalue weighted by molar-refractivity contribution is 9.10. The van der Waals surface area contributed by atoms with Crippen molar-refractivity contribution in [3.8, 4) is 0 Å². The Bertz CT molecular complexity index is 342. The minimum Gasteiger partial charge on any atom is -0.398 e. The summed E-state index contributed by atoms with van der Waals surface area (Å²) in [4.78, 5) is 2.24. The van der Waals surface area contributed by atoms with Crippen LogP contribution < -0.4 is 10.6 Å². The summed E-state index contributed by atoms with van der Waals surface area (Å²) < 4.78 is 1.06. The minimum absolute atomic E-state index is 0.837. The Labute approximate surface area is 104 Å². The first-order chi connectivity index (χ1) is 7.06. The van der Waals surface area contributed by atoms with E-state index in [-0.39, 0.29) is 0 Å². The second kappa shape index (κ2) is 5.66. The summed E-state index contributed by atoms with van der Waals surface area (Å²) in [7, 11) is 2.10. The molecular formula is C11H17BrN2S. The van der Waals surface area contributed by atoms with Crippen LogP contribution in [0.15, 0.2) is 16.6 Å². The standard InChI is InChI=1S/C11H17BrN2S/c1-8-6-11(9(12)7-10(8)13)14(2)4-5-15-3/h6-7H,4-5,13H2,1-3H3. The van der Waals surface area contributed by atoms with Crippen molar-refractivity contribution in [1.82, 2.24) is 0 Å². The van der Waals surface area contributed by atoms with E-state index in [9.17, 15) is 0 Å². The molecule has 2 nitrogen and oxygen atoms in total. The largest absolute Gasteiger partial charge is 0.398 e. The first kappa shape index (κ1) is 12.7. The van der Waals surface area contributed by atoms with Gasteiger partial charge in [0.2, 0.25) is 0 Å². The van der Waals surface area contributed by atoms with Crippen molar-refractivity contribution in [3.63, 3.8) is 0 Å². The van der Waals surface area contributed by atoms with Crippen molar-refractivity contribution < 1.29 is 0 Å². The monoisotopic (exact) mass is 288 g/mol. The molecule has 4 heteroatoms. The van der Waals surface area contributed by atoms with Crippen molar-refractivity contribution in [3.05, 3.63) is 22.2 Å². The van der Waals surface area contributed by atoms with Crippen LogP contribution in [0, 0.1) is 6.92 Å². The van der Waals surface area contributed by atoms with Crippen LogP contribution in [0.2, 0.25) is 0 Å². The van der Waals surface area contributed by atoms with E-state index in [2.05, 4.69) is 40.2 Å². The molecular weight excluding hydrogens is 272 g/mol. The van der Waals surface area contributed by atoms with Crippen LogP contribution in [-0.4, -0.2) is 25.6 Å². The van der Waals surface area contributed by atoms with E-state index in [4.69, 9.17) is 5.73 Å². The maximum atomic E-state index is 5.84. The SMILES string of the molecule is CSCCN(C)c1cc(C)c(N)cc1Br. The van der Waals surface area contributed by atoms with Crippen molar-refractivity contribution >= 4 is 39.1 Å². The van der Waals surface area contributed by atoms with Gasteiger partial charge in [-0.15, -0.1) is 0 Å². The summed E-state index contributed by atoms with van der Waals surface area (Å²) in [5.74, 6) is 1.13. The molecule has 0 unspecified atom stereocenters. The van der Waals surface area contributed by atoms with Gasteiger partial charge in [0.1, 0.15) is 0 Å². The van der Waals surface area contributed by atoms with Gasteiger partial charge in [-0.1, -0.05) is 0 Å². The Morgan fingerprint density at radius 3 is 2.73 bits per heavy atom. The molecule has 1 aromatic carbocycles.